The topological polar surface area (TPSA) is 112 Å². The number of hydrogen-bond acceptors (Lipinski definition) is 7. The lowest BCUT2D eigenvalue weighted by molar-refractivity contribution is 0.0699. The number of fused-ring (bicyclic) bond motifs is 1. The molecule has 2 aromatic carbocycles. The van der Waals surface area contributed by atoms with Crippen molar-refractivity contribution in [2.45, 2.75) is 11.8 Å². The average molecular weight is 471 g/mol. The van der Waals surface area contributed by atoms with Crippen molar-refractivity contribution in [1.29, 1.82) is 0 Å². The van der Waals surface area contributed by atoms with Gasteiger partial charge in [-0.2, -0.15) is 0 Å². The Bertz CT molecular complexity index is 1270. The van der Waals surface area contributed by atoms with Crippen LogP contribution >= 0.6 is 0 Å². The Kier molecular flexibility index (Phi) is 6.39. The number of likely N-dealkylation sites (N-methyl/N-ethyl adjacent to an activating group) is 1. The summed E-state index contributed by atoms with van der Waals surface area (Å²) in [7, 11) is -2.36. The molecule has 3 aromatic rings. The number of rotatable bonds is 7. The summed E-state index contributed by atoms with van der Waals surface area (Å²) in [5, 5.41) is 10.2. The number of pyridine rings is 1. The molecule has 0 saturated carbocycles. The molecule has 1 fully saturated rings. The van der Waals surface area contributed by atoms with Gasteiger partial charge in [-0.25, -0.2) is 18.2 Å². The van der Waals surface area contributed by atoms with E-state index in [1.807, 2.05) is 0 Å². The molecular formula is C23H26N4O5S. The minimum atomic E-state index is -3.86. The predicted octanol–water partition coefficient (Wildman–Crippen LogP) is 2.88. The van der Waals surface area contributed by atoms with Crippen LogP contribution < -0.4 is 14.4 Å². The maximum Gasteiger partial charge on any atom is 0.336 e. The first-order valence-electron chi connectivity index (χ1n) is 10.6. The third kappa shape index (κ3) is 4.86. The second kappa shape index (κ2) is 9.24. The number of carboxylic acids is 1. The molecule has 2 heterocycles. The van der Waals surface area contributed by atoms with Gasteiger partial charge in [-0.05, 0) is 55.1 Å². The lowest BCUT2D eigenvalue weighted by Crippen LogP contribution is -2.46. The fraction of sp³-hybridized carbons (Fsp3) is 0.304. The van der Waals surface area contributed by atoms with Crippen molar-refractivity contribution < 1.29 is 23.1 Å². The number of nitrogens with zero attached hydrogens (tertiary/aromatic N) is 3. The van der Waals surface area contributed by atoms with Crippen molar-refractivity contribution in [2.24, 2.45) is 0 Å². The SMILES string of the molecule is CCN1CCN(c2cc(C(=O)O)c3cc(NS(=O)(=O)c4ccc(OC)cc4)ccc3n2)CC1. The molecule has 1 saturated heterocycles. The monoisotopic (exact) mass is 470 g/mol. The van der Waals surface area contributed by atoms with Crippen molar-refractivity contribution in [2.75, 3.05) is 49.5 Å². The summed E-state index contributed by atoms with van der Waals surface area (Å²) >= 11 is 0. The second-order valence-corrected chi connectivity index (χ2v) is 9.45. The minimum Gasteiger partial charge on any atom is -0.497 e. The summed E-state index contributed by atoms with van der Waals surface area (Å²) in [6.07, 6.45) is 0. The summed E-state index contributed by atoms with van der Waals surface area (Å²) in [6, 6.07) is 12.3. The fourth-order valence-electron chi connectivity index (χ4n) is 3.88. The van der Waals surface area contributed by atoms with E-state index in [-0.39, 0.29) is 16.1 Å². The summed E-state index contributed by atoms with van der Waals surface area (Å²) in [5.41, 5.74) is 0.834. The van der Waals surface area contributed by atoms with E-state index in [1.165, 1.54) is 25.3 Å². The largest absolute Gasteiger partial charge is 0.497 e. The number of carbonyl (C=O) groups is 1. The Hall–Kier alpha value is -3.37. The molecule has 174 valence electrons. The Morgan fingerprint density at radius 3 is 2.39 bits per heavy atom. The van der Waals surface area contributed by atoms with E-state index in [0.29, 0.717) is 22.5 Å². The molecule has 0 unspecified atom stereocenters. The number of nitrogens with one attached hydrogen (secondary N) is 1. The summed E-state index contributed by atoms with van der Waals surface area (Å²) in [4.78, 5) is 21.2. The maximum absolute atomic E-state index is 12.8. The zero-order valence-corrected chi connectivity index (χ0v) is 19.3. The van der Waals surface area contributed by atoms with Crippen molar-refractivity contribution in [3.63, 3.8) is 0 Å². The quantitative estimate of drug-likeness (QED) is 0.542. The van der Waals surface area contributed by atoms with E-state index in [1.54, 1.807) is 30.3 Å². The highest BCUT2D eigenvalue weighted by Gasteiger charge is 2.21. The Labute approximate surface area is 192 Å². The van der Waals surface area contributed by atoms with Crippen LogP contribution in [0.3, 0.4) is 0 Å². The molecular weight excluding hydrogens is 444 g/mol. The highest BCUT2D eigenvalue weighted by atomic mass is 32.2. The van der Waals surface area contributed by atoms with Crippen LogP contribution in [0.2, 0.25) is 0 Å². The van der Waals surface area contributed by atoms with E-state index < -0.39 is 16.0 Å². The van der Waals surface area contributed by atoms with Gasteiger partial charge < -0.3 is 19.6 Å². The van der Waals surface area contributed by atoms with Gasteiger partial charge in [0.25, 0.3) is 10.0 Å². The first-order chi connectivity index (χ1) is 15.8. The predicted molar refractivity (Wildman–Crippen MR) is 127 cm³/mol. The van der Waals surface area contributed by atoms with Crippen LogP contribution in [0.15, 0.2) is 53.4 Å². The highest BCUT2D eigenvalue weighted by molar-refractivity contribution is 7.92. The summed E-state index contributed by atoms with van der Waals surface area (Å²) in [5.74, 6) is 0.0666. The van der Waals surface area contributed by atoms with Gasteiger partial charge in [0, 0.05) is 37.3 Å². The molecule has 1 aliphatic heterocycles. The van der Waals surface area contributed by atoms with Crippen LogP contribution in [0.1, 0.15) is 17.3 Å². The van der Waals surface area contributed by atoms with Crippen molar-refractivity contribution in [3.05, 3.63) is 54.1 Å². The molecule has 0 aliphatic carbocycles. The number of piperazine rings is 1. The minimum absolute atomic E-state index is 0.0709. The average Bonchev–Trinajstić information content (AvgIpc) is 2.83. The van der Waals surface area contributed by atoms with Crippen LogP contribution in [0, 0.1) is 0 Å². The van der Waals surface area contributed by atoms with E-state index in [2.05, 4.69) is 26.4 Å². The van der Waals surface area contributed by atoms with Gasteiger partial charge in [-0.1, -0.05) is 6.92 Å². The van der Waals surface area contributed by atoms with Gasteiger partial charge in [-0.15, -0.1) is 0 Å². The number of methoxy groups -OCH3 is 1. The normalized spacial score (nSPS) is 14.9. The lowest BCUT2D eigenvalue weighted by atomic mass is 10.1. The highest BCUT2D eigenvalue weighted by Crippen LogP contribution is 2.28. The molecule has 0 amide bonds. The van der Waals surface area contributed by atoms with Gasteiger partial charge in [0.15, 0.2) is 0 Å². The molecule has 10 heteroatoms. The van der Waals surface area contributed by atoms with Crippen LogP contribution in [0.4, 0.5) is 11.5 Å². The number of carboxylic acid groups (broad SMARTS) is 1. The number of anilines is 2. The number of ether oxygens (including phenoxy) is 1. The number of hydrogen-bond donors (Lipinski definition) is 2. The molecule has 4 rings (SSSR count). The third-order valence-corrected chi connectivity index (χ3v) is 7.19. The van der Waals surface area contributed by atoms with Gasteiger partial charge in [0.05, 0.1) is 23.1 Å². The van der Waals surface area contributed by atoms with Gasteiger partial charge in [0.1, 0.15) is 11.6 Å². The molecule has 0 bridgehead atoms. The first kappa shape index (κ1) is 22.8. The third-order valence-electron chi connectivity index (χ3n) is 5.79. The molecule has 2 N–H and O–H groups in total. The lowest BCUT2D eigenvalue weighted by Gasteiger charge is -2.35. The van der Waals surface area contributed by atoms with Crippen molar-refractivity contribution >= 4 is 38.4 Å². The zero-order chi connectivity index (χ0) is 23.6. The summed E-state index contributed by atoms with van der Waals surface area (Å²) in [6.45, 7) is 6.42. The van der Waals surface area contributed by atoms with E-state index in [9.17, 15) is 18.3 Å². The number of aromatic nitrogens is 1. The van der Waals surface area contributed by atoms with Crippen LogP contribution in [0.5, 0.6) is 5.75 Å². The van der Waals surface area contributed by atoms with Crippen LogP contribution in [-0.4, -0.2) is 69.2 Å². The van der Waals surface area contributed by atoms with Gasteiger partial charge in [0.2, 0.25) is 0 Å². The second-order valence-electron chi connectivity index (χ2n) is 7.77. The summed E-state index contributed by atoms with van der Waals surface area (Å²) < 4.78 is 33.1. The van der Waals surface area contributed by atoms with Crippen LogP contribution in [-0.2, 0) is 10.0 Å². The number of benzene rings is 2. The Balaban J connectivity index is 1.65. The fourth-order valence-corrected chi connectivity index (χ4v) is 4.93. The van der Waals surface area contributed by atoms with Gasteiger partial charge >= 0.3 is 5.97 Å². The Morgan fingerprint density at radius 2 is 1.79 bits per heavy atom. The first-order valence-corrected chi connectivity index (χ1v) is 12.1. The number of sulfonamides is 1. The molecule has 0 atom stereocenters. The van der Waals surface area contributed by atoms with E-state index in [0.717, 1.165) is 32.7 Å². The van der Waals surface area contributed by atoms with Gasteiger partial charge in [-0.3, -0.25) is 4.72 Å². The van der Waals surface area contributed by atoms with Crippen molar-refractivity contribution in [1.82, 2.24) is 9.88 Å². The zero-order valence-electron chi connectivity index (χ0n) is 18.5. The molecule has 9 nitrogen and oxygen atoms in total. The Morgan fingerprint density at radius 1 is 1.09 bits per heavy atom. The smallest absolute Gasteiger partial charge is 0.336 e. The van der Waals surface area contributed by atoms with Crippen LogP contribution in [0.25, 0.3) is 10.9 Å². The molecule has 0 radical (unpaired) electrons. The molecule has 1 aliphatic rings. The van der Waals surface area contributed by atoms with Crippen molar-refractivity contribution in [3.8, 4) is 5.75 Å². The number of aromatic carboxylic acids is 1. The van der Waals surface area contributed by atoms with E-state index in [4.69, 9.17) is 4.74 Å². The van der Waals surface area contributed by atoms with E-state index >= 15 is 0 Å². The molecule has 1 aromatic heterocycles. The molecule has 33 heavy (non-hydrogen) atoms. The maximum atomic E-state index is 12.8. The molecule has 0 spiro atoms. The standard InChI is InChI=1S/C23H26N4O5S/c1-3-26-10-12-27(13-11-26)22-15-20(23(28)29)19-14-16(4-9-21(19)24-22)25-33(30,31)18-7-5-17(32-2)6-8-18/h4-9,14-15,25H,3,10-13H2,1-2H3,(H,28,29).